The van der Waals surface area contributed by atoms with Crippen molar-refractivity contribution in [3.63, 3.8) is 0 Å². The standard InChI is InChI=1S/C23H25ClN2O4/c1-29-20-6-7-21-17(14-20)13-18(15-30-21)23(28)26-10-8-25(9-11-26)22(27)12-16-2-4-19(24)5-3-16/h2-7,14,18H,8-13,15H2,1H3. The molecule has 7 heteroatoms. The molecule has 30 heavy (non-hydrogen) atoms. The summed E-state index contributed by atoms with van der Waals surface area (Å²) >= 11 is 5.90. The fourth-order valence-electron chi connectivity index (χ4n) is 3.98. The molecule has 2 aliphatic heterocycles. The maximum Gasteiger partial charge on any atom is 0.229 e. The van der Waals surface area contributed by atoms with Crippen LogP contribution in [0.2, 0.25) is 5.02 Å². The average Bonchev–Trinajstić information content (AvgIpc) is 2.79. The number of hydrogen-bond donors (Lipinski definition) is 0. The topological polar surface area (TPSA) is 59.1 Å². The van der Waals surface area contributed by atoms with Crippen LogP contribution in [-0.2, 0) is 22.4 Å². The van der Waals surface area contributed by atoms with Crippen LogP contribution in [0.15, 0.2) is 42.5 Å². The minimum Gasteiger partial charge on any atom is -0.497 e. The molecular weight excluding hydrogens is 404 g/mol. The molecular formula is C23H25ClN2O4. The minimum atomic E-state index is -0.207. The van der Waals surface area contributed by atoms with E-state index in [-0.39, 0.29) is 17.7 Å². The van der Waals surface area contributed by atoms with Gasteiger partial charge < -0.3 is 19.3 Å². The number of carbonyl (C=O) groups is 2. The molecule has 2 amide bonds. The second-order valence-electron chi connectivity index (χ2n) is 7.70. The Hall–Kier alpha value is -2.73. The Morgan fingerprint density at radius 1 is 1.07 bits per heavy atom. The smallest absolute Gasteiger partial charge is 0.229 e. The van der Waals surface area contributed by atoms with Crippen molar-refractivity contribution >= 4 is 23.4 Å². The first-order valence-electron chi connectivity index (χ1n) is 10.1. The molecule has 0 radical (unpaired) electrons. The number of piperazine rings is 1. The third-order valence-electron chi connectivity index (χ3n) is 5.74. The van der Waals surface area contributed by atoms with Crippen molar-refractivity contribution in [1.29, 1.82) is 0 Å². The second-order valence-corrected chi connectivity index (χ2v) is 8.13. The number of nitrogens with zero attached hydrogens (tertiary/aromatic N) is 2. The van der Waals surface area contributed by atoms with Gasteiger partial charge in [-0.3, -0.25) is 9.59 Å². The van der Waals surface area contributed by atoms with E-state index in [0.29, 0.717) is 50.7 Å². The summed E-state index contributed by atoms with van der Waals surface area (Å²) in [6.07, 6.45) is 0.987. The molecule has 6 nitrogen and oxygen atoms in total. The number of amides is 2. The van der Waals surface area contributed by atoms with E-state index in [0.717, 1.165) is 22.6 Å². The molecule has 0 aliphatic carbocycles. The molecule has 2 aromatic carbocycles. The van der Waals surface area contributed by atoms with E-state index in [1.54, 1.807) is 19.2 Å². The van der Waals surface area contributed by atoms with Gasteiger partial charge in [-0.15, -0.1) is 0 Å². The zero-order chi connectivity index (χ0) is 21.1. The van der Waals surface area contributed by atoms with Crippen molar-refractivity contribution in [1.82, 2.24) is 9.80 Å². The van der Waals surface area contributed by atoms with Crippen LogP contribution < -0.4 is 9.47 Å². The van der Waals surface area contributed by atoms with Crippen molar-refractivity contribution in [2.75, 3.05) is 39.9 Å². The number of halogens is 1. The van der Waals surface area contributed by atoms with Crippen molar-refractivity contribution in [2.45, 2.75) is 12.8 Å². The van der Waals surface area contributed by atoms with Gasteiger partial charge in [0.25, 0.3) is 0 Å². The molecule has 2 heterocycles. The third-order valence-corrected chi connectivity index (χ3v) is 5.99. The number of rotatable bonds is 4. The maximum absolute atomic E-state index is 13.0. The summed E-state index contributed by atoms with van der Waals surface area (Å²) in [5, 5.41) is 0.658. The zero-order valence-corrected chi connectivity index (χ0v) is 17.7. The number of hydrogen-bond acceptors (Lipinski definition) is 4. The summed E-state index contributed by atoms with van der Waals surface area (Å²) < 4.78 is 11.1. The molecule has 0 bridgehead atoms. The Bertz CT molecular complexity index is 923. The highest BCUT2D eigenvalue weighted by molar-refractivity contribution is 6.30. The Morgan fingerprint density at radius 2 is 1.77 bits per heavy atom. The molecule has 2 aromatic rings. The summed E-state index contributed by atoms with van der Waals surface area (Å²) in [4.78, 5) is 29.3. The van der Waals surface area contributed by atoms with Crippen LogP contribution in [0.5, 0.6) is 11.5 Å². The Labute approximate surface area is 181 Å². The minimum absolute atomic E-state index is 0.0754. The summed E-state index contributed by atoms with van der Waals surface area (Å²) in [5.41, 5.74) is 1.94. The lowest BCUT2D eigenvalue weighted by Crippen LogP contribution is -2.53. The van der Waals surface area contributed by atoms with Crippen LogP contribution in [0.1, 0.15) is 11.1 Å². The molecule has 0 spiro atoms. The SMILES string of the molecule is COc1ccc2c(c1)CC(C(=O)N1CCN(C(=O)Cc3ccc(Cl)cc3)CC1)CO2. The number of carbonyl (C=O) groups excluding carboxylic acids is 2. The van der Waals surface area contributed by atoms with Gasteiger partial charge in [-0.05, 0) is 47.9 Å². The highest BCUT2D eigenvalue weighted by Crippen LogP contribution is 2.31. The maximum atomic E-state index is 13.0. The summed E-state index contributed by atoms with van der Waals surface area (Å²) in [6, 6.07) is 13.0. The van der Waals surface area contributed by atoms with Gasteiger partial charge in [0, 0.05) is 31.2 Å². The fraction of sp³-hybridized carbons (Fsp3) is 0.391. The highest BCUT2D eigenvalue weighted by Gasteiger charge is 2.32. The molecule has 0 N–H and O–H groups in total. The lowest BCUT2D eigenvalue weighted by molar-refractivity contribution is -0.142. The van der Waals surface area contributed by atoms with Gasteiger partial charge in [0.05, 0.1) is 19.4 Å². The second kappa shape index (κ2) is 8.96. The number of ether oxygens (including phenoxy) is 2. The van der Waals surface area contributed by atoms with Crippen molar-refractivity contribution < 1.29 is 19.1 Å². The van der Waals surface area contributed by atoms with Crippen LogP contribution in [0, 0.1) is 5.92 Å². The average molecular weight is 429 g/mol. The number of fused-ring (bicyclic) bond motifs is 1. The Morgan fingerprint density at radius 3 is 2.47 bits per heavy atom. The number of methoxy groups -OCH3 is 1. The molecule has 0 saturated carbocycles. The predicted molar refractivity (Wildman–Crippen MR) is 114 cm³/mol. The van der Waals surface area contributed by atoms with Crippen LogP contribution in [0.3, 0.4) is 0 Å². The molecule has 1 saturated heterocycles. The third kappa shape index (κ3) is 4.54. The van der Waals surface area contributed by atoms with Gasteiger partial charge >= 0.3 is 0 Å². The molecule has 158 valence electrons. The molecule has 1 fully saturated rings. The van der Waals surface area contributed by atoms with E-state index < -0.39 is 0 Å². The van der Waals surface area contributed by atoms with Crippen LogP contribution in [0.25, 0.3) is 0 Å². The van der Waals surface area contributed by atoms with E-state index in [9.17, 15) is 9.59 Å². The van der Waals surface area contributed by atoms with Crippen molar-refractivity contribution in [3.8, 4) is 11.5 Å². The summed E-state index contributed by atoms with van der Waals surface area (Å²) in [5.74, 6) is 1.54. The van der Waals surface area contributed by atoms with Gasteiger partial charge in [0.2, 0.25) is 11.8 Å². The van der Waals surface area contributed by atoms with Crippen LogP contribution in [0.4, 0.5) is 0 Å². The van der Waals surface area contributed by atoms with Gasteiger partial charge in [-0.25, -0.2) is 0 Å². The normalized spacial score (nSPS) is 18.4. The van der Waals surface area contributed by atoms with Crippen LogP contribution >= 0.6 is 11.6 Å². The first-order chi connectivity index (χ1) is 14.5. The molecule has 1 unspecified atom stereocenters. The largest absolute Gasteiger partial charge is 0.497 e. The lowest BCUT2D eigenvalue weighted by atomic mass is 9.95. The van der Waals surface area contributed by atoms with Gasteiger partial charge in [-0.1, -0.05) is 23.7 Å². The first kappa shape index (κ1) is 20.5. The van der Waals surface area contributed by atoms with Crippen molar-refractivity contribution in [2.24, 2.45) is 5.92 Å². The quantitative estimate of drug-likeness (QED) is 0.751. The van der Waals surface area contributed by atoms with Gasteiger partial charge in [-0.2, -0.15) is 0 Å². The molecule has 0 aromatic heterocycles. The van der Waals surface area contributed by atoms with Gasteiger partial charge in [0.1, 0.15) is 18.1 Å². The molecule has 4 rings (SSSR count). The summed E-state index contributed by atoms with van der Waals surface area (Å²) in [6.45, 7) is 2.58. The van der Waals surface area contributed by atoms with E-state index in [1.165, 1.54) is 0 Å². The highest BCUT2D eigenvalue weighted by atomic mass is 35.5. The lowest BCUT2D eigenvalue weighted by Gasteiger charge is -2.37. The van der Waals surface area contributed by atoms with E-state index in [1.807, 2.05) is 40.1 Å². The monoisotopic (exact) mass is 428 g/mol. The first-order valence-corrected chi connectivity index (χ1v) is 10.5. The fourth-order valence-corrected chi connectivity index (χ4v) is 4.11. The van der Waals surface area contributed by atoms with E-state index in [4.69, 9.17) is 21.1 Å². The summed E-state index contributed by atoms with van der Waals surface area (Å²) in [7, 11) is 1.63. The number of benzene rings is 2. The predicted octanol–water partition coefficient (Wildman–Crippen LogP) is 2.81. The Balaban J connectivity index is 1.31. The molecule has 2 aliphatic rings. The zero-order valence-electron chi connectivity index (χ0n) is 17.0. The van der Waals surface area contributed by atoms with Crippen LogP contribution in [-0.4, -0.2) is 61.5 Å². The Kier molecular flexibility index (Phi) is 6.13. The van der Waals surface area contributed by atoms with E-state index in [2.05, 4.69) is 0 Å². The van der Waals surface area contributed by atoms with Crippen molar-refractivity contribution in [3.05, 3.63) is 58.6 Å². The van der Waals surface area contributed by atoms with E-state index >= 15 is 0 Å². The molecule has 1 atom stereocenters. The van der Waals surface area contributed by atoms with Gasteiger partial charge in [0.15, 0.2) is 0 Å².